The van der Waals surface area contributed by atoms with E-state index in [1.807, 2.05) is 42.2 Å². The molecule has 4 rings (SSSR count). The van der Waals surface area contributed by atoms with Gasteiger partial charge in [0.25, 0.3) is 5.56 Å². The average molecular weight is 458 g/mol. The Hall–Kier alpha value is -2.98. The molecule has 0 unspecified atom stereocenters. The van der Waals surface area contributed by atoms with Crippen molar-refractivity contribution in [3.8, 4) is 6.01 Å². The van der Waals surface area contributed by atoms with Gasteiger partial charge >= 0.3 is 6.01 Å². The summed E-state index contributed by atoms with van der Waals surface area (Å²) in [5.41, 5.74) is 1.08. The highest BCUT2D eigenvalue weighted by molar-refractivity contribution is 7.21. The number of amides is 1. The maximum Gasteiger partial charge on any atom is 0.300 e. The van der Waals surface area contributed by atoms with Crippen molar-refractivity contribution in [1.29, 1.82) is 0 Å². The van der Waals surface area contributed by atoms with E-state index in [1.165, 1.54) is 15.9 Å². The topological polar surface area (TPSA) is 98.6 Å². The van der Waals surface area contributed by atoms with Crippen LogP contribution in [0.25, 0.3) is 10.3 Å². The molecular formula is C22H27N5O4S. The van der Waals surface area contributed by atoms with Crippen molar-refractivity contribution in [3.63, 3.8) is 0 Å². The Morgan fingerprint density at radius 1 is 1.28 bits per heavy atom. The van der Waals surface area contributed by atoms with Gasteiger partial charge in [0.15, 0.2) is 15.5 Å². The van der Waals surface area contributed by atoms with Gasteiger partial charge in [0.05, 0.1) is 19.8 Å². The van der Waals surface area contributed by atoms with Crippen LogP contribution in [0.4, 0.5) is 5.13 Å². The number of methoxy groups -OCH3 is 1. The number of rotatable bonds is 9. The van der Waals surface area contributed by atoms with Gasteiger partial charge in [-0.3, -0.25) is 14.2 Å². The fourth-order valence-electron chi connectivity index (χ4n) is 3.79. The third-order valence-electron chi connectivity index (χ3n) is 5.38. The predicted octanol–water partition coefficient (Wildman–Crippen LogP) is 2.18. The quantitative estimate of drug-likeness (QED) is 0.526. The molecule has 0 aliphatic carbocycles. The van der Waals surface area contributed by atoms with Gasteiger partial charge in [0, 0.05) is 20.2 Å². The molecule has 0 spiro atoms. The Morgan fingerprint density at radius 3 is 2.84 bits per heavy atom. The minimum absolute atomic E-state index is 0.0360. The highest BCUT2D eigenvalue weighted by Crippen LogP contribution is 2.32. The van der Waals surface area contributed by atoms with Crippen molar-refractivity contribution in [2.75, 3.05) is 31.8 Å². The summed E-state index contributed by atoms with van der Waals surface area (Å²) >= 11 is 1.32. The molecule has 1 saturated heterocycles. The van der Waals surface area contributed by atoms with E-state index in [-0.39, 0.29) is 23.5 Å². The summed E-state index contributed by atoms with van der Waals surface area (Å²) < 4.78 is 12.2. The van der Waals surface area contributed by atoms with Gasteiger partial charge in [0.2, 0.25) is 5.91 Å². The lowest BCUT2D eigenvalue weighted by molar-refractivity contribution is -0.122. The van der Waals surface area contributed by atoms with E-state index >= 15 is 0 Å². The van der Waals surface area contributed by atoms with Gasteiger partial charge in [-0.2, -0.15) is 4.98 Å². The normalized spacial score (nSPS) is 15.9. The van der Waals surface area contributed by atoms with Gasteiger partial charge in [-0.1, -0.05) is 41.7 Å². The lowest BCUT2D eigenvalue weighted by Gasteiger charge is -2.23. The van der Waals surface area contributed by atoms with Crippen LogP contribution < -0.4 is 20.5 Å². The smallest absolute Gasteiger partial charge is 0.300 e. The molecular weight excluding hydrogens is 430 g/mol. The number of anilines is 1. The molecule has 1 amide bonds. The first kappa shape index (κ1) is 22.2. The molecule has 1 N–H and O–H groups in total. The van der Waals surface area contributed by atoms with E-state index < -0.39 is 0 Å². The maximum atomic E-state index is 13.1. The second-order valence-corrected chi connectivity index (χ2v) is 8.44. The standard InChI is InChI=1S/C22H27N5O4S/c1-3-31-21-25-19-17(20(29)27(21)12-13-30-2)24-22(32-19)26-11-7-10-16(26)18(28)23-14-15-8-5-4-6-9-15/h4-6,8-9,16H,3,7,10-14H2,1-2H3,(H,23,28)/t16-/m1/s1. The maximum absolute atomic E-state index is 13.1. The van der Waals surface area contributed by atoms with Crippen LogP contribution in [0.15, 0.2) is 35.1 Å². The summed E-state index contributed by atoms with van der Waals surface area (Å²) in [7, 11) is 1.58. The van der Waals surface area contributed by atoms with Crippen molar-refractivity contribution in [2.45, 2.75) is 38.9 Å². The van der Waals surface area contributed by atoms with Gasteiger partial charge < -0.3 is 19.7 Å². The Bertz CT molecular complexity index is 1130. The Balaban J connectivity index is 1.58. The van der Waals surface area contributed by atoms with Crippen molar-refractivity contribution < 1.29 is 14.3 Å². The molecule has 1 aromatic carbocycles. The van der Waals surface area contributed by atoms with Gasteiger partial charge in [0.1, 0.15) is 6.04 Å². The molecule has 0 radical (unpaired) electrons. The summed E-state index contributed by atoms with van der Waals surface area (Å²) in [6.45, 7) is 4.12. The largest absolute Gasteiger partial charge is 0.465 e. The van der Waals surface area contributed by atoms with E-state index in [0.717, 1.165) is 18.4 Å². The molecule has 3 heterocycles. The van der Waals surface area contributed by atoms with Crippen LogP contribution in [0.5, 0.6) is 6.01 Å². The van der Waals surface area contributed by atoms with E-state index in [9.17, 15) is 9.59 Å². The van der Waals surface area contributed by atoms with Gasteiger partial charge in [-0.05, 0) is 25.3 Å². The number of nitrogens with one attached hydrogen (secondary N) is 1. The van der Waals surface area contributed by atoms with Crippen LogP contribution in [-0.2, 0) is 22.6 Å². The summed E-state index contributed by atoms with van der Waals surface area (Å²) in [6, 6.07) is 9.76. The fraction of sp³-hybridized carbons (Fsp3) is 0.455. The Labute approximate surface area is 190 Å². The van der Waals surface area contributed by atoms with Crippen molar-refractivity contribution in [2.24, 2.45) is 0 Å². The fourth-order valence-corrected chi connectivity index (χ4v) is 4.79. The van der Waals surface area contributed by atoms with E-state index in [4.69, 9.17) is 9.47 Å². The number of carbonyl (C=O) groups excluding carboxylic acids is 1. The van der Waals surface area contributed by atoms with Crippen LogP contribution in [0.1, 0.15) is 25.3 Å². The van der Waals surface area contributed by atoms with Crippen molar-refractivity contribution >= 4 is 32.7 Å². The lowest BCUT2D eigenvalue weighted by Crippen LogP contribution is -2.43. The third kappa shape index (κ3) is 4.61. The SMILES string of the molecule is CCOc1nc2sc(N3CCC[C@@H]3C(=O)NCc3ccccc3)nc2c(=O)n1CCOC. The zero-order valence-electron chi connectivity index (χ0n) is 18.2. The first-order valence-electron chi connectivity index (χ1n) is 10.7. The number of ether oxygens (including phenoxy) is 2. The molecule has 0 bridgehead atoms. The second kappa shape index (κ2) is 10.1. The van der Waals surface area contributed by atoms with Crippen LogP contribution >= 0.6 is 11.3 Å². The molecule has 170 valence electrons. The number of benzene rings is 1. The number of aromatic nitrogens is 3. The second-order valence-electron chi connectivity index (χ2n) is 7.48. The number of nitrogens with zero attached hydrogens (tertiary/aromatic N) is 4. The molecule has 2 aromatic heterocycles. The van der Waals surface area contributed by atoms with Crippen LogP contribution in [-0.4, -0.2) is 53.4 Å². The summed E-state index contributed by atoms with van der Waals surface area (Å²) in [6.07, 6.45) is 1.63. The number of hydrogen-bond donors (Lipinski definition) is 1. The van der Waals surface area contributed by atoms with Crippen LogP contribution in [0, 0.1) is 0 Å². The number of carbonyl (C=O) groups is 1. The van der Waals surface area contributed by atoms with Crippen LogP contribution in [0.2, 0.25) is 0 Å². The molecule has 1 aliphatic heterocycles. The number of thiazole rings is 1. The minimum atomic E-state index is -0.318. The molecule has 1 fully saturated rings. The van der Waals surface area contributed by atoms with Gasteiger partial charge in [-0.25, -0.2) is 4.98 Å². The molecule has 3 aromatic rings. The molecule has 32 heavy (non-hydrogen) atoms. The molecule has 10 heteroatoms. The molecule has 1 atom stereocenters. The molecule has 0 saturated carbocycles. The van der Waals surface area contributed by atoms with Crippen molar-refractivity contribution in [1.82, 2.24) is 19.9 Å². The summed E-state index contributed by atoms with van der Waals surface area (Å²) in [5.74, 6) is -0.0360. The average Bonchev–Trinajstić information content (AvgIpc) is 3.45. The van der Waals surface area contributed by atoms with E-state index in [0.29, 0.717) is 48.3 Å². The Kier molecular flexibility index (Phi) is 7.01. The minimum Gasteiger partial charge on any atom is -0.465 e. The number of fused-ring (bicyclic) bond motifs is 1. The van der Waals surface area contributed by atoms with E-state index in [1.54, 1.807) is 7.11 Å². The zero-order valence-corrected chi connectivity index (χ0v) is 19.1. The monoisotopic (exact) mass is 457 g/mol. The molecule has 1 aliphatic rings. The third-order valence-corrected chi connectivity index (χ3v) is 6.36. The van der Waals surface area contributed by atoms with Crippen molar-refractivity contribution in [3.05, 3.63) is 46.2 Å². The van der Waals surface area contributed by atoms with Gasteiger partial charge in [-0.15, -0.1) is 0 Å². The predicted molar refractivity (Wildman–Crippen MR) is 123 cm³/mol. The molecule has 9 nitrogen and oxygen atoms in total. The van der Waals surface area contributed by atoms with Crippen LogP contribution in [0.3, 0.4) is 0 Å². The summed E-state index contributed by atoms with van der Waals surface area (Å²) in [4.78, 5) is 37.6. The van der Waals surface area contributed by atoms with E-state index in [2.05, 4.69) is 15.3 Å². The zero-order chi connectivity index (χ0) is 22.5. The lowest BCUT2D eigenvalue weighted by atomic mass is 10.2. The highest BCUT2D eigenvalue weighted by Gasteiger charge is 2.33. The number of hydrogen-bond acceptors (Lipinski definition) is 8. The first-order valence-corrected chi connectivity index (χ1v) is 11.6. The Morgan fingerprint density at radius 2 is 2.09 bits per heavy atom. The highest BCUT2D eigenvalue weighted by atomic mass is 32.1. The summed E-state index contributed by atoms with van der Waals surface area (Å²) in [5, 5.41) is 3.66. The first-order chi connectivity index (χ1) is 15.6.